The van der Waals surface area contributed by atoms with E-state index in [0.29, 0.717) is 13.0 Å². The van der Waals surface area contributed by atoms with Crippen LogP contribution in [0.2, 0.25) is 0 Å². The van der Waals surface area contributed by atoms with E-state index in [1.165, 1.54) is 0 Å². The van der Waals surface area contributed by atoms with Crippen LogP contribution in [0.3, 0.4) is 0 Å². The number of hydrogen-bond donors (Lipinski definition) is 0. The fourth-order valence-electron chi connectivity index (χ4n) is 3.56. The number of hydrogen-bond acceptors (Lipinski definition) is 4. The third-order valence-corrected chi connectivity index (χ3v) is 4.24. The highest BCUT2D eigenvalue weighted by Crippen LogP contribution is 2.48. The van der Waals surface area contributed by atoms with Gasteiger partial charge in [0, 0.05) is 13.0 Å². The monoisotopic (exact) mass is 267 g/mol. The van der Waals surface area contributed by atoms with Crippen molar-refractivity contribution in [1.82, 2.24) is 4.90 Å². The minimum atomic E-state index is -0.538. The number of nitrogens with zero attached hydrogens (tertiary/aromatic N) is 1. The van der Waals surface area contributed by atoms with E-state index in [2.05, 4.69) is 0 Å². The zero-order chi connectivity index (χ0) is 13.8. The molecule has 3 heterocycles. The van der Waals surface area contributed by atoms with Gasteiger partial charge >= 0.3 is 6.09 Å². The molecule has 0 N–H and O–H groups in total. The van der Waals surface area contributed by atoms with Gasteiger partial charge in [0.25, 0.3) is 0 Å². The molecule has 5 nitrogen and oxygen atoms in total. The first-order chi connectivity index (χ1) is 8.81. The van der Waals surface area contributed by atoms with Gasteiger partial charge in [-0.3, -0.25) is 9.69 Å². The van der Waals surface area contributed by atoms with Crippen LogP contribution >= 0.6 is 0 Å². The van der Waals surface area contributed by atoms with Gasteiger partial charge in [-0.15, -0.1) is 0 Å². The summed E-state index contributed by atoms with van der Waals surface area (Å²) in [4.78, 5) is 26.1. The Balaban J connectivity index is 1.82. The van der Waals surface area contributed by atoms with Crippen molar-refractivity contribution in [1.29, 1.82) is 0 Å². The van der Waals surface area contributed by atoms with E-state index in [-0.39, 0.29) is 11.9 Å². The van der Waals surface area contributed by atoms with E-state index in [1.54, 1.807) is 4.90 Å². The van der Waals surface area contributed by atoms with E-state index >= 15 is 0 Å². The predicted octanol–water partition coefficient (Wildman–Crippen LogP) is 1.89. The largest absolute Gasteiger partial charge is 0.444 e. The number of carbonyl (C=O) groups excluding carboxylic acids is 2. The summed E-state index contributed by atoms with van der Waals surface area (Å²) >= 11 is 0. The number of fused-ring (bicyclic) bond motifs is 1. The topological polar surface area (TPSA) is 55.8 Å². The molecule has 19 heavy (non-hydrogen) atoms. The number of amides is 1. The van der Waals surface area contributed by atoms with Crippen LogP contribution in [0.25, 0.3) is 0 Å². The first-order valence-corrected chi connectivity index (χ1v) is 7.01. The Morgan fingerprint density at radius 1 is 1.42 bits per heavy atom. The van der Waals surface area contributed by atoms with E-state index in [4.69, 9.17) is 9.47 Å². The molecule has 3 fully saturated rings. The van der Waals surface area contributed by atoms with Gasteiger partial charge in [-0.05, 0) is 40.0 Å². The summed E-state index contributed by atoms with van der Waals surface area (Å²) in [6.45, 7) is 6.06. The van der Waals surface area contributed by atoms with Gasteiger partial charge in [0.1, 0.15) is 11.6 Å². The lowest BCUT2D eigenvalue weighted by Crippen LogP contribution is -2.55. The molecule has 3 saturated heterocycles. The van der Waals surface area contributed by atoms with Crippen LogP contribution < -0.4 is 0 Å². The standard InChI is InChI=1S/C14H21NO4/c1-13(2,3)19-12(17)15-7-6-14-5-4-9(18-14)8-10(16)11(14)15/h9,11H,4-8H2,1-3H3. The van der Waals surface area contributed by atoms with E-state index in [1.807, 2.05) is 20.8 Å². The van der Waals surface area contributed by atoms with Crippen molar-refractivity contribution in [2.75, 3.05) is 6.54 Å². The van der Waals surface area contributed by atoms with Gasteiger partial charge in [0.2, 0.25) is 0 Å². The molecule has 0 aliphatic carbocycles. The van der Waals surface area contributed by atoms with Crippen LogP contribution in [-0.2, 0) is 14.3 Å². The van der Waals surface area contributed by atoms with Crippen molar-refractivity contribution >= 4 is 11.9 Å². The molecule has 106 valence electrons. The van der Waals surface area contributed by atoms with Crippen molar-refractivity contribution < 1.29 is 19.1 Å². The molecular weight excluding hydrogens is 246 g/mol. The Morgan fingerprint density at radius 2 is 2.16 bits per heavy atom. The van der Waals surface area contributed by atoms with Gasteiger partial charge < -0.3 is 9.47 Å². The summed E-state index contributed by atoms with van der Waals surface area (Å²) in [5.41, 5.74) is -0.958. The van der Waals surface area contributed by atoms with Crippen LogP contribution in [0, 0.1) is 0 Å². The molecule has 0 aromatic rings. The van der Waals surface area contributed by atoms with Crippen molar-refractivity contribution in [2.24, 2.45) is 0 Å². The van der Waals surface area contributed by atoms with Gasteiger partial charge in [-0.25, -0.2) is 4.79 Å². The minimum absolute atomic E-state index is 0.0716. The lowest BCUT2D eigenvalue weighted by Gasteiger charge is -2.37. The van der Waals surface area contributed by atoms with Crippen LogP contribution in [-0.4, -0.2) is 46.7 Å². The third kappa shape index (κ3) is 2.04. The molecule has 2 bridgehead atoms. The van der Waals surface area contributed by atoms with Crippen molar-refractivity contribution in [3.8, 4) is 0 Å². The Kier molecular flexibility index (Phi) is 2.68. The molecule has 1 amide bonds. The summed E-state index contributed by atoms with van der Waals surface area (Å²) in [5.74, 6) is 0.136. The number of ether oxygens (including phenoxy) is 2. The van der Waals surface area contributed by atoms with E-state index in [9.17, 15) is 9.59 Å². The van der Waals surface area contributed by atoms with Gasteiger partial charge in [-0.2, -0.15) is 0 Å². The van der Waals surface area contributed by atoms with Crippen LogP contribution in [0.5, 0.6) is 0 Å². The highest BCUT2D eigenvalue weighted by atomic mass is 16.6. The number of carbonyl (C=O) groups is 2. The molecule has 0 radical (unpaired) electrons. The van der Waals surface area contributed by atoms with Crippen molar-refractivity contribution in [2.45, 2.75) is 69.8 Å². The smallest absolute Gasteiger partial charge is 0.411 e. The predicted molar refractivity (Wildman–Crippen MR) is 67.8 cm³/mol. The fraction of sp³-hybridized carbons (Fsp3) is 0.857. The Bertz CT molecular complexity index is 428. The first kappa shape index (κ1) is 12.9. The summed E-state index contributed by atoms with van der Waals surface area (Å²) in [6, 6.07) is -0.430. The lowest BCUT2D eigenvalue weighted by molar-refractivity contribution is -0.148. The highest BCUT2D eigenvalue weighted by Gasteiger charge is 2.60. The molecule has 0 saturated carbocycles. The molecule has 3 unspecified atom stereocenters. The number of ketones is 1. The van der Waals surface area contributed by atoms with Crippen molar-refractivity contribution in [3.05, 3.63) is 0 Å². The molecule has 5 heteroatoms. The maximum absolute atomic E-state index is 12.3. The number of rotatable bonds is 0. The Labute approximate surface area is 113 Å². The van der Waals surface area contributed by atoms with Crippen LogP contribution in [0.4, 0.5) is 4.79 Å². The Hall–Kier alpha value is -1.10. The second-order valence-corrected chi connectivity index (χ2v) is 6.84. The summed E-state index contributed by atoms with van der Waals surface area (Å²) in [7, 11) is 0. The molecule has 3 atom stereocenters. The normalized spacial score (nSPS) is 37.4. The quantitative estimate of drug-likeness (QED) is 0.672. The summed E-state index contributed by atoms with van der Waals surface area (Å²) in [6.07, 6.45) is 2.68. The van der Waals surface area contributed by atoms with E-state index < -0.39 is 23.3 Å². The Morgan fingerprint density at radius 3 is 2.84 bits per heavy atom. The zero-order valence-corrected chi connectivity index (χ0v) is 11.8. The minimum Gasteiger partial charge on any atom is -0.444 e. The van der Waals surface area contributed by atoms with Gasteiger partial charge in [0.15, 0.2) is 5.78 Å². The third-order valence-electron chi connectivity index (χ3n) is 4.24. The molecule has 3 aliphatic heterocycles. The maximum Gasteiger partial charge on any atom is 0.411 e. The molecule has 1 spiro atoms. The first-order valence-electron chi connectivity index (χ1n) is 7.01. The summed E-state index contributed by atoms with van der Waals surface area (Å²) in [5, 5.41) is 0. The van der Waals surface area contributed by atoms with Gasteiger partial charge in [-0.1, -0.05) is 0 Å². The number of Topliss-reactive ketones (excluding diaryl/α,β-unsaturated/α-hetero) is 1. The second kappa shape index (κ2) is 3.95. The highest BCUT2D eigenvalue weighted by molar-refractivity contribution is 5.91. The molecular formula is C14H21NO4. The van der Waals surface area contributed by atoms with Gasteiger partial charge in [0.05, 0.1) is 11.7 Å². The van der Waals surface area contributed by atoms with Crippen LogP contribution in [0.1, 0.15) is 46.5 Å². The zero-order valence-electron chi connectivity index (χ0n) is 11.8. The fourth-order valence-corrected chi connectivity index (χ4v) is 3.56. The maximum atomic E-state index is 12.3. The SMILES string of the molecule is CC(C)(C)OC(=O)N1CCC23CCC(CC(=O)C12)O3. The molecule has 0 aromatic heterocycles. The molecule has 3 aliphatic rings. The summed E-state index contributed by atoms with van der Waals surface area (Å²) < 4.78 is 11.4. The average Bonchev–Trinajstić information content (AvgIpc) is 2.80. The van der Waals surface area contributed by atoms with Crippen molar-refractivity contribution in [3.63, 3.8) is 0 Å². The van der Waals surface area contributed by atoms with Crippen LogP contribution in [0.15, 0.2) is 0 Å². The second-order valence-electron chi connectivity index (χ2n) is 6.84. The molecule has 3 rings (SSSR count). The number of likely N-dealkylation sites (tertiary alicyclic amines) is 1. The molecule has 0 aromatic carbocycles. The lowest BCUT2D eigenvalue weighted by atomic mass is 9.89. The average molecular weight is 267 g/mol. The van der Waals surface area contributed by atoms with E-state index in [0.717, 1.165) is 19.3 Å².